The highest BCUT2D eigenvalue weighted by atomic mass is 16.5. The molecule has 4 aliphatic carbocycles. The predicted molar refractivity (Wildman–Crippen MR) is 109 cm³/mol. The summed E-state index contributed by atoms with van der Waals surface area (Å²) in [6, 6.07) is 0. The molecular weight excluding hydrogens is 344 g/mol. The van der Waals surface area contributed by atoms with Gasteiger partial charge in [0.2, 0.25) is 0 Å². The fourth-order valence-electron chi connectivity index (χ4n) is 3.80. The minimum absolute atomic E-state index is 0.432. The van der Waals surface area contributed by atoms with E-state index in [-0.39, 0.29) is 0 Å². The predicted octanol–water partition coefficient (Wildman–Crippen LogP) is 3.12. The van der Waals surface area contributed by atoms with E-state index < -0.39 is 11.2 Å². The summed E-state index contributed by atoms with van der Waals surface area (Å²) in [7, 11) is 1.71. The number of rotatable bonds is 6. The third-order valence-corrected chi connectivity index (χ3v) is 5.37. The molecule has 0 bridgehead atoms. The van der Waals surface area contributed by atoms with Crippen molar-refractivity contribution >= 4 is 0 Å². The van der Waals surface area contributed by atoms with Crippen molar-refractivity contribution < 1.29 is 9.84 Å². The minimum Gasteiger partial charge on any atom is -0.376 e. The molecule has 2 nitrogen and oxygen atoms in total. The fourth-order valence-corrected chi connectivity index (χ4v) is 3.80. The Morgan fingerprint density at radius 1 is 0.679 bits per heavy atom. The summed E-state index contributed by atoms with van der Waals surface area (Å²) in [6.45, 7) is 0. The molecule has 0 aromatic rings. The van der Waals surface area contributed by atoms with Crippen LogP contribution in [0.2, 0.25) is 0 Å². The van der Waals surface area contributed by atoms with Gasteiger partial charge < -0.3 is 9.84 Å². The van der Waals surface area contributed by atoms with Crippen LogP contribution in [0.15, 0.2) is 0 Å². The molecule has 0 saturated heterocycles. The monoisotopic (exact) mass is 366 g/mol. The first-order valence-corrected chi connectivity index (χ1v) is 9.35. The van der Waals surface area contributed by atoms with Crippen LogP contribution in [-0.2, 0) is 4.74 Å². The van der Waals surface area contributed by atoms with Gasteiger partial charge in [-0.3, -0.25) is 0 Å². The molecule has 0 atom stereocenters. The number of hydrogen-bond acceptors (Lipinski definition) is 2. The van der Waals surface area contributed by atoms with Gasteiger partial charge in [-0.15, -0.1) is 0 Å². The summed E-state index contributed by atoms with van der Waals surface area (Å²) in [6.07, 6.45) is 31.9. The number of ether oxygens (including phenoxy) is 1. The zero-order valence-electron chi connectivity index (χ0n) is 15.8. The van der Waals surface area contributed by atoms with Crippen LogP contribution in [0.25, 0.3) is 0 Å². The van der Waals surface area contributed by atoms with Crippen molar-refractivity contribution in [2.75, 3.05) is 7.11 Å². The van der Waals surface area contributed by atoms with Gasteiger partial charge in [0.05, 0.1) is 5.60 Å². The van der Waals surface area contributed by atoms with Gasteiger partial charge in [-0.2, -0.15) is 0 Å². The number of methoxy groups -OCH3 is 1. The summed E-state index contributed by atoms with van der Waals surface area (Å²) in [5, 5.41) is 11.4. The standard InChI is InChI=1S/C26H22O2/c1-28-26(23-15-6-7-16-23,24-17-8-9-18-24)20-10-19-25(27,21-11-2-3-12-21)22-13-4-5-14-22/h2-9,11-18,27H,20H2,1H3. The van der Waals surface area contributed by atoms with Crippen LogP contribution in [0.5, 0.6) is 0 Å². The topological polar surface area (TPSA) is 29.5 Å². The van der Waals surface area contributed by atoms with E-state index >= 15 is 0 Å². The van der Waals surface area contributed by atoms with Crippen LogP contribution in [0, 0.1) is 138 Å². The van der Waals surface area contributed by atoms with Gasteiger partial charge in [0.15, 0.2) is 0 Å². The Bertz CT molecular complexity index is 515. The third-order valence-electron chi connectivity index (χ3n) is 5.37. The number of aliphatic hydroxyl groups is 1. The van der Waals surface area contributed by atoms with Gasteiger partial charge >= 0.3 is 0 Å². The maximum absolute atomic E-state index is 11.4. The lowest BCUT2D eigenvalue weighted by Gasteiger charge is -2.41. The molecule has 28 heavy (non-hydrogen) atoms. The highest BCUT2D eigenvalue weighted by molar-refractivity contribution is 5.59. The lowest BCUT2D eigenvalue weighted by molar-refractivity contribution is 0.0325. The Balaban J connectivity index is 1.57. The SMILES string of the molecule is COC(CC#CC(O)([C]1[CH][CH][CH][CH]1)[C]1[CH][CH][CH][CH]1)([C]1[CH][CH][CH][CH]1)[C]1[CH][CH][CH][CH]1. The summed E-state index contributed by atoms with van der Waals surface area (Å²) in [5.41, 5.74) is -2.01. The lowest BCUT2D eigenvalue weighted by atomic mass is 9.72. The third kappa shape index (κ3) is 3.91. The van der Waals surface area contributed by atoms with E-state index in [0.717, 1.165) is 23.7 Å². The Morgan fingerprint density at radius 2 is 1.04 bits per heavy atom. The molecule has 2 heteroatoms. The Hall–Kier alpha value is -0.520. The molecule has 0 aliphatic heterocycles. The molecule has 0 heterocycles. The van der Waals surface area contributed by atoms with Crippen molar-refractivity contribution in [3.8, 4) is 11.8 Å². The fraction of sp³-hybridized carbons (Fsp3) is 0.154. The van der Waals surface area contributed by atoms with E-state index in [0.29, 0.717) is 6.42 Å². The smallest absolute Gasteiger partial charge is 0.139 e. The molecule has 0 aromatic heterocycles. The van der Waals surface area contributed by atoms with Crippen LogP contribution in [0.1, 0.15) is 6.42 Å². The van der Waals surface area contributed by atoms with Crippen LogP contribution in [0.3, 0.4) is 0 Å². The second-order valence-corrected chi connectivity index (χ2v) is 6.91. The number of hydrogen-bond donors (Lipinski definition) is 1. The highest BCUT2D eigenvalue weighted by Crippen LogP contribution is 2.49. The maximum atomic E-state index is 11.4. The molecule has 20 radical (unpaired) electrons. The van der Waals surface area contributed by atoms with Gasteiger partial charge in [0.25, 0.3) is 0 Å². The average molecular weight is 366 g/mol. The van der Waals surface area contributed by atoms with Crippen LogP contribution in [0.4, 0.5) is 0 Å². The summed E-state index contributed by atoms with van der Waals surface area (Å²) in [5.74, 6) is 10.0. The van der Waals surface area contributed by atoms with Crippen molar-refractivity contribution in [2.45, 2.75) is 17.6 Å². The van der Waals surface area contributed by atoms with Gasteiger partial charge in [0.1, 0.15) is 5.60 Å². The Labute approximate surface area is 173 Å². The van der Waals surface area contributed by atoms with Crippen molar-refractivity contribution in [1.29, 1.82) is 0 Å². The Morgan fingerprint density at radius 3 is 1.39 bits per heavy atom. The second kappa shape index (κ2) is 9.09. The molecule has 4 rings (SSSR count). The van der Waals surface area contributed by atoms with Crippen LogP contribution in [-0.4, -0.2) is 23.4 Å². The van der Waals surface area contributed by atoms with Crippen molar-refractivity contribution in [1.82, 2.24) is 0 Å². The zero-order valence-corrected chi connectivity index (χ0v) is 15.8. The lowest BCUT2D eigenvalue weighted by Crippen LogP contribution is -2.44. The molecule has 0 spiro atoms. The minimum atomic E-state index is -1.34. The largest absolute Gasteiger partial charge is 0.376 e. The quantitative estimate of drug-likeness (QED) is 0.732. The molecule has 0 aromatic carbocycles. The summed E-state index contributed by atoms with van der Waals surface area (Å²) >= 11 is 0. The molecule has 4 aliphatic rings. The molecule has 1 N–H and O–H groups in total. The molecule has 4 saturated carbocycles. The summed E-state index contributed by atoms with van der Waals surface area (Å²) < 4.78 is 6.04. The van der Waals surface area contributed by atoms with Gasteiger partial charge in [-0.05, 0) is 103 Å². The first-order chi connectivity index (χ1) is 13.7. The van der Waals surface area contributed by atoms with Crippen LogP contribution >= 0.6 is 0 Å². The van der Waals surface area contributed by atoms with Crippen molar-refractivity contribution in [3.63, 3.8) is 0 Å². The maximum Gasteiger partial charge on any atom is 0.139 e. The van der Waals surface area contributed by atoms with Gasteiger partial charge in [0, 0.05) is 37.2 Å². The first kappa shape index (κ1) is 20.7. The first-order valence-electron chi connectivity index (χ1n) is 9.35. The van der Waals surface area contributed by atoms with E-state index in [9.17, 15) is 5.11 Å². The molecular formula is C26H22O2. The average Bonchev–Trinajstić information content (AvgIpc) is 3.54. The van der Waals surface area contributed by atoms with E-state index in [1.54, 1.807) is 7.11 Å². The molecule has 138 valence electrons. The van der Waals surface area contributed by atoms with Crippen LogP contribution < -0.4 is 0 Å². The van der Waals surface area contributed by atoms with E-state index in [1.165, 1.54) is 0 Å². The Kier molecular flexibility index (Phi) is 6.74. The van der Waals surface area contributed by atoms with E-state index in [2.05, 4.69) is 37.5 Å². The molecule has 4 fully saturated rings. The van der Waals surface area contributed by atoms with Crippen molar-refractivity contribution in [3.05, 3.63) is 126 Å². The normalized spacial score (nSPS) is 26.2. The van der Waals surface area contributed by atoms with E-state index in [4.69, 9.17) is 4.74 Å². The molecule has 0 unspecified atom stereocenters. The highest BCUT2D eigenvalue weighted by Gasteiger charge is 2.49. The molecule has 0 amide bonds. The van der Waals surface area contributed by atoms with Crippen molar-refractivity contribution in [2.24, 2.45) is 0 Å². The zero-order chi connectivity index (χ0) is 19.5. The second-order valence-electron chi connectivity index (χ2n) is 6.91. The van der Waals surface area contributed by atoms with Gasteiger partial charge in [-0.1, -0.05) is 11.8 Å². The van der Waals surface area contributed by atoms with Gasteiger partial charge in [-0.25, -0.2) is 0 Å². The summed E-state index contributed by atoms with van der Waals surface area (Å²) in [4.78, 5) is 0. The van der Waals surface area contributed by atoms with E-state index in [1.807, 2.05) is 77.0 Å².